The molecule has 10 heteroatoms. The Hall–Kier alpha value is -2.82. The predicted molar refractivity (Wildman–Crippen MR) is 99.2 cm³/mol. The van der Waals surface area contributed by atoms with Gasteiger partial charge < -0.3 is 0 Å². The molecule has 140 valence electrons. The number of hydrogen-bond donors (Lipinski definition) is 0. The minimum Gasteiger partial charge on any atom is -0.258 e. The van der Waals surface area contributed by atoms with Crippen LogP contribution in [0.3, 0.4) is 0 Å². The van der Waals surface area contributed by atoms with E-state index in [4.69, 9.17) is 0 Å². The Balaban J connectivity index is 2.03. The number of hydrogen-bond acceptors (Lipinski definition) is 6. The average molecular weight is 406 g/mol. The third kappa shape index (κ3) is 3.42. The molecule has 0 aliphatic heterocycles. The van der Waals surface area contributed by atoms with Gasteiger partial charge in [-0.2, -0.15) is 0 Å². The van der Waals surface area contributed by atoms with Crippen LogP contribution in [-0.4, -0.2) is 32.5 Å². The lowest BCUT2D eigenvalue weighted by Crippen LogP contribution is -2.33. The fourth-order valence-corrected chi connectivity index (χ4v) is 5.63. The van der Waals surface area contributed by atoms with E-state index in [9.17, 15) is 26.9 Å². The Morgan fingerprint density at radius 1 is 0.778 bits per heavy atom. The van der Waals surface area contributed by atoms with Gasteiger partial charge in [0.05, 0.1) is 14.7 Å². The smallest absolute Gasteiger partial charge is 0.258 e. The molecule has 0 bridgehead atoms. The number of sulfonamides is 2. The van der Waals surface area contributed by atoms with Gasteiger partial charge in [0.2, 0.25) is 0 Å². The molecule has 27 heavy (non-hydrogen) atoms. The fraction of sp³-hybridized carbons (Fsp3) is 0.0588. The molecular weight excluding hydrogens is 392 g/mol. The number of nitro benzene ring substituents is 1. The summed E-state index contributed by atoms with van der Waals surface area (Å²) in [5.41, 5.74) is -0.297. The van der Waals surface area contributed by atoms with Crippen LogP contribution in [0.1, 0.15) is 0 Å². The minimum atomic E-state index is -4.42. The highest BCUT2D eigenvalue weighted by Crippen LogP contribution is 2.26. The van der Waals surface area contributed by atoms with Gasteiger partial charge in [-0.05, 0) is 35.0 Å². The highest BCUT2D eigenvalue weighted by molar-refractivity contribution is 8.04. The summed E-state index contributed by atoms with van der Waals surface area (Å²) in [5, 5.41) is 12.2. The van der Waals surface area contributed by atoms with E-state index in [0.717, 1.165) is 36.7 Å². The zero-order valence-corrected chi connectivity index (χ0v) is 15.6. The maximum Gasteiger partial charge on any atom is 0.269 e. The van der Waals surface area contributed by atoms with Crippen molar-refractivity contribution in [2.24, 2.45) is 0 Å². The summed E-state index contributed by atoms with van der Waals surface area (Å²) >= 11 is 0. The molecule has 8 nitrogen and oxygen atoms in total. The van der Waals surface area contributed by atoms with Crippen LogP contribution < -0.4 is 0 Å². The molecule has 0 aromatic heterocycles. The zero-order valence-electron chi connectivity index (χ0n) is 14.0. The summed E-state index contributed by atoms with van der Waals surface area (Å²) in [4.78, 5) is 9.49. The second-order valence-corrected chi connectivity index (χ2v) is 9.82. The molecule has 0 heterocycles. The summed E-state index contributed by atoms with van der Waals surface area (Å²) in [6.45, 7) is 0. The number of rotatable bonds is 5. The van der Waals surface area contributed by atoms with Crippen LogP contribution in [0.25, 0.3) is 10.8 Å². The summed E-state index contributed by atoms with van der Waals surface area (Å²) in [5.74, 6) is 0. The summed E-state index contributed by atoms with van der Waals surface area (Å²) in [6.07, 6.45) is 0. The Bertz CT molecular complexity index is 1240. The molecule has 0 unspecified atom stereocenters. The lowest BCUT2D eigenvalue weighted by molar-refractivity contribution is -0.384. The highest BCUT2D eigenvalue weighted by Gasteiger charge is 2.33. The van der Waals surface area contributed by atoms with Crippen molar-refractivity contribution in [1.82, 2.24) is 3.71 Å². The minimum absolute atomic E-state index is 0.172. The molecule has 0 fully saturated rings. The normalized spacial score (nSPS) is 12.4. The van der Waals surface area contributed by atoms with Crippen molar-refractivity contribution < 1.29 is 21.8 Å². The van der Waals surface area contributed by atoms with E-state index in [-0.39, 0.29) is 19.2 Å². The van der Waals surface area contributed by atoms with Gasteiger partial charge in [0.25, 0.3) is 25.7 Å². The Morgan fingerprint density at radius 2 is 1.30 bits per heavy atom. The van der Waals surface area contributed by atoms with E-state index in [0.29, 0.717) is 5.39 Å². The third-order valence-electron chi connectivity index (χ3n) is 4.04. The number of benzene rings is 3. The van der Waals surface area contributed by atoms with Crippen molar-refractivity contribution in [3.05, 3.63) is 76.8 Å². The van der Waals surface area contributed by atoms with Crippen molar-refractivity contribution >= 4 is 36.5 Å². The van der Waals surface area contributed by atoms with Crippen LogP contribution in [0.5, 0.6) is 0 Å². The van der Waals surface area contributed by atoms with Crippen molar-refractivity contribution in [3.8, 4) is 0 Å². The lowest BCUT2D eigenvalue weighted by atomic mass is 10.1. The molecule has 0 atom stereocenters. The van der Waals surface area contributed by atoms with Gasteiger partial charge in [0.1, 0.15) is 0 Å². The monoisotopic (exact) mass is 406 g/mol. The van der Waals surface area contributed by atoms with Crippen LogP contribution in [0, 0.1) is 10.1 Å². The van der Waals surface area contributed by atoms with Gasteiger partial charge in [-0.3, -0.25) is 10.1 Å². The van der Waals surface area contributed by atoms with Crippen LogP contribution >= 0.6 is 0 Å². The van der Waals surface area contributed by atoms with Gasteiger partial charge in [-0.15, -0.1) is 0 Å². The molecule has 0 N–H and O–H groups in total. The summed E-state index contributed by atoms with van der Waals surface area (Å²) in [6, 6.07) is 15.4. The Kier molecular flexibility index (Phi) is 4.72. The molecule has 3 aromatic rings. The molecule has 0 saturated carbocycles. The predicted octanol–water partition coefficient (Wildman–Crippen LogP) is 2.76. The number of fused-ring (bicyclic) bond motifs is 1. The molecule has 0 radical (unpaired) electrons. The molecule has 3 aromatic carbocycles. The first kappa shape index (κ1) is 19.0. The second kappa shape index (κ2) is 6.72. The maximum atomic E-state index is 12.8. The van der Waals surface area contributed by atoms with E-state index in [1.807, 2.05) is 12.1 Å². The van der Waals surface area contributed by atoms with Crippen LogP contribution in [0.4, 0.5) is 5.69 Å². The molecule has 0 spiro atoms. The van der Waals surface area contributed by atoms with Crippen molar-refractivity contribution in [2.75, 3.05) is 7.05 Å². The quantitative estimate of drug-likeness (QED) is 0.475. The van der Waals surface area contributed by atoms with Crippen LogP contribution in [-0.2, 0) is 20.0 Å². The first-order chi connectivity index (χ1) is 12.6. The first-order valence-corrected chi connectivity index (χ1v) is 10.5. The Labute approximate surface area is 155 Å². The number of nitrogens with zero attached hydrogens (tertiary/aromatic N) is 2. The summed E-state index contributed by atoms with van der Waals surface area (Å²) < 4.78 is 51.2. The van der Waals surface area contributed by atoms with Crippen molar-refractivity contribution in [3.63, 3.8) is 0 Å². The SMILES string of the molecule is CN(S(=O)(=O)c1ccc([N+](=O)[O-])cc1)S(=O)(=O)c1ccc2ccccc2c1. The van der Waals surface area contributed by atoms with Crippen LogP contribution in [0.2, 0.25) is 0 Å². The molecule has 0 aliphatic carbocycles. The molecule has 0 amide bonds. The maximum absolute atomic E-state index is 12.8. The van der Waals surface area contributed by atoms with Crippen LogP contribution in [0.15, 0.2) is 76.5 Å². The Morgan fingerprint density at radius 3 is 1.89 bits per heavy atom. The molecule has 3 rings (SSSR count). The third-order valence-corrected chi connectivity index (χ3v) is 8.29. The van der Waals surface area contributed by atoms with E-state index in [1.165, 1.54) is 12.1 Å². The second-order valence-electron chi connectivity index (χ2n) is 5.65. The lowest BCUT2D eigenvalue weighted by Gasteiger charge is -2.17. The standard InChI is InChI=1S/C17H14N2O6S2/c1-18(26(22,23)16-10-7-15(8-11-16)19(20)21)27(24,25)17-9-6-13-4-2-3-5-14(13)12-17/h2-12H,1H3. The van der Waals surface area contributed by atoms with Gasteiger partial charge in [-0.25, -0.2) is 16.8 Å². The van der Waals surface area contributed by atoms with Gasteiger partial charge in [0, 0.05) is 19.2 Å². The summed E-state index contributed by atoms with van der Waals surface area (Å²) in [7, 11) is -7.84. The number of non-ortho nitro benzene ring substituents is 1. The van der Waals surface area contributed by atoms with Gasteiger partial charge in [0.15, 0.2) is 0 Å². The van der Waals surface area contributed by atoms with E-state index in [2.05, 4.69) is 0 Å². The highest BCUT2D eigenvalue weighted by atomic mass is 32.3. The fourth-order valence-electron chi connectivity index (χ4n) is 2.49. The average Bonchev–Trinajstić information content (AvgIpc) is 2.67. The topological polar surface area (TPSA) is 115 Å². The van der Waals surface area contributed by atoms with Gasteiger partial charge in [-0.1, -0.05) is 34.0 Å². The first-order valence-electron chi connectivity index (χ1n) is 7.61. The van der Waals surface area contributed by atoms with Gasteiger partial charge >= 0.3 is 0 Å². The van der Waals surface area contributed by atoms with Crippen molar-refractivity contribution in [2.45, 2.75) is 9.79 Å². The molecule has 0 saturated heterocycles. The molecular formula is C17H14N2O6S2. The van der Waals surface area contributed by atoms with E-state index in [1.54, 1.807) is 18.2 Å². The molecule has 0 aliphatic rings. The van der Waals surface area contributed by atoms with E-state index >= 15 is 0 Å². The zero-order chi connectivity index (χ0) is 19.8. The largest absolute Gasteiger partial charge is 0.269 e. The van der Waals surface area contributed by atoms with Crippen molar-refractivity contribution in [1.29, 1.82) is 0 Å². The number of nitro groups is 1. The van der Waals surface area contributed by atoms with E-state index < -0.39 is 25.0 Å².